The average molecular weight is 487 g/mol. The Morgan fingerprint density at radius 3 is 2.42 bits per heavy atom. The molecule has 0 saturated carbocycles. The van der Waals surface area contributed by atoms with E-state index in [-0.39, 0.29) is 0 Å². The van der Waals surface area contributed by atoms with E-state index in [4.69, 9.17) is 4.74 Å². The van der Waals surface area contributed by atoms with Crippen LogP contribution >= 0.6 is 0 Å². The Kier molecular flexibility index (Phi) is 5.92. The maximum atomic E-state index is 12.9. The van der Waals surface area contributed by atoms with Gasteiger partial charge in [-0.3, -0.25) is 14.7 Å². The van der Waals surface area contributed by atoms with Gasteiger partial charge in [0.2, 0.25) is 5.91 Å². The van der Waals surface area contributed by atoms with Crippen LogP contribution in [0.5, 0.6) is 0 Å². The van der Waals surface area contributed by atoms with Crippen molar-refractivity contribution in [2.75, 3.05) is 45.9 Å². The number of aryl methyl sites for hydroxylation is 2. The van der Waals surface area contributed by atoms with Crippen molar-refractivity contribution in [1.29, 1.82) is 0 Å². The number of hydrogen-bond donors (Lipinski definition) is 1. The van der Waals surface area contributed by atoms with Crippen molar-refractivity contribution in [1.82, 2.24) is 19.8 Å². The highest BCUT2D eigenvalue weighted by molar-refractivity contribution is 5.92. The first-order chi connectivity index (χ1) is 17.3. The van der Waals surface area contributed by atoms with Crippen LogP contribution in [0.2, 0.25) is 0 Å². The average Bonchev–Trinajstić information content (AvgIpc) is 3.18. The fourth-order valence-corrected chi connectivity index (χ4v) is 6.63. The number of hydrogen-bond acceptors (Lipinski definition) is 4. The number of nitrogens with one attached hydrogen (secondary N) is 1. The normalized spacial score (nSPS) is 20.2. The summed E-state index contributed by atoms with van der Waals surface area (Å²) in [6.07, 6.45) is 2.07. The van der Waals surface area contributed by atoms with Gasteiger partial charge in [0, 0.05) is 59.4 Å². The smallest absolute Gasteiger partial charge is 0.236 e. The highest BCUT2D eigenvalue weighted by Crippen LogP contribution is 2.39. The van der Waals surface area contributed by atoms with E-state index in [0.717, 1.165) is 63.6 Å². The van der Waals surface area contributed by atoms with Gasteiger partial charge >= 0.3 is 0 Å². The molecule has 0 radical (unpaired) electrons. The maximum absolute atomic E-state index is 12.9. The quantitative estimate of drug-likeness (QED) is 0.551. The number of carbonyl (C=O) groups is 1. The molecule has 0 aliphatic carbocycles. The fourth-order valence-electron chi connectivity index (χ4n) is 6.63. The van der Waals surface area contributed by atoms with Crippen LogP contribution in [0, 0.1) is 19.3 Å². The third-order valence-electron chi connectivity index (χ3n) is 8.42. The number of aromatic amines is 1. The molecule has 3 saturated heterocycles. The summed E-state index contributed by atoms with van der Waals surface area (Å²) in [5.74, 6) is 1.20. The number of piperidine rings is 1. The van der Waals surface area contributed by atoms with Crippen LogP contribution < -0.4 is 0 Å². The Morgan fingerprint density at radius 1 is 1.11 bits per heavy atom. The van der Waals surface area contributed by atoms with Gasteiger partial charge in [-0.15, -0.1) is 0 Å². The van der Waals surface area contributed by atoms with E-state index in [0.29, 0.717) is 29.7 Å². The summed E-state index contributed by atoms with van der Waals surface area (Å²) in [6, 6.07) is 11.3. The summed E-state index contributed by atoms with van der Waals surface area (Å²) in [6.45, 7) is 14.7. The zero-order valence-corrected chi connectivity index (χ0v) is 22.1. The SMILES string of the molecule is Cc1cc(-c2[nH]c3ccc(C4CCN(C(=O)CN5CC6(COC6)C5)CC4)cc3c2C(C)C)cc(C)n1. The lowest BCUT2D eigenvalue weighted by Gasteiger charge is -2.55. The van der Waals surface area contributed by atoms with Gasteiger partial charge in [-0.25, -0.2) is 0 Å². The second-order valence-corrected chi connectivity index (χ2v) is 11.8. The predicted octanol–water partition coefficient (Wildman–Crippen LogP) is 5.01. The van der Waals surface area contributed by atoms with E-state index in [1.807, 2.05) is 0 Å². The molecule has 0 bridgehead atoms. The lowest BCUT2D eigenvalue weighted by Crippen LogP contribution is -2.67. The van der Waals surface area contributed by atoms with E-state index in [1.54, 1.807) is 0 Å². The van der Waals surface area contributed by atoms with E-state index in [9.17, 15) is 4.79 Å². The molecule has 1 N–H and O–H groups in total. The number of carbonyl (C=O) groups excluding carboxylic acids is 1. The van der Waals surface area contributed by atoms with Gasteiger partial charge < -0.3 is 14.6 Å². The Morgan fingerprint density at radius 2 is 1.81 bits per heavy atom. The van der Waals surface area contributed by atoms with Crippen LogP contribution in [0.15, 0.2) is 30.3 Å². The third-order valence-corrected chi connectivity index (χ3v) is 8.42. The van der Waals surface area contributed by atoms with Gasteiger partial charge in [0.1, 0.15) is 0 Å². The molecular weight excluding hydrogens is 448 g/mol. The molecule has 3 aliphatic rings. The number of aromatic nitrogens is 2. The number of pyridine rings is 1. The molecule has 1 aromatic carbocycles. The molecule has 3 aromatic rings. The van der Waals surface area contributed by atoms with Crippen molar-refractivity contribution in [2.45, 2.75) is 52.4 Å². The Bertz CT molecular complexity index is 1270. The van der Waals surface area contributed by atoms with Crippen molar-refractivity contribution in [2.24, 2.45) is 5.41 Å². The third kappa shape index (κ3) is 4.24. The van der Waals surface area contributed by atoms with Crippen LogP contribution in [0.25, 0.3) is 22.2 Å². The maximum Gasteiger partial charge on any atom is 0.236 e. The molecule has 2 aromatic heterocycles. The highest BCUT2D eigenvalue weighted by atomic mass is 16.5. The Balaban J connectivity index is 1.17. The highest BCUT2D eigenvalue weighted by Gasteiger charge is 2.49. The molecule has 3 fully saturated rings. The van der Waals surface area contributed by atoms with Crippen LogP contribution in [-0.2, 0) is 9.53 Å². The minimum atomic E-state index is 0.291. The predicted molar refractivity (Wildman–Crippen MR) is 143 cm³/mol. The summed E-state index contributed by atoms with van der Waals surface area (Å²) >= 11 is 0. The standard InChI is InChI=1S/C30H38N4O2/c1-19(2)28-25-13-23(5-6-26(25)32-29(28)24-11-20(3)31-21(4)12-24)22-7-9-34(10-8-22)27(35)14-33-15-30(16-33)17-36-18-30/h5-6,11-13,19,22,32H,7-10,14-18H2,1-4H3. The van der Waals surface area contributed by atoms with E-state index < -0.39 is 0 Å². The molecule has 190 valence electrons. The van der Waals surface area contributed by atoms with Crippen molar-refractivity contribution in [3.8, 4) is 11.3 Å². The summed E-state index contributed by atoms with van der Waals surface area (Å²) in [4.78, 5) is 25.5. The molecule has 5 heterocycles. The number of benzene rings is 1. The molecule has 6 rings (SSSR count). The van der Waals surface area contributed by atoms with Gasteiger partial charge in [0.25, 0.3) is 0 Å². The number of likely N-dealkylation sites (tertiary alicyclic amines) is 2. The van der Waals surface area contributed by atoms with Crippen molar-refractivity contribution in [3.05, 3.63) is 52.8 Å². The van der Waals surface area contributed by atoms with E-state index >= 15 is 0 Å². The van der Waals surface area contributed by atoms with Crippen LogP contribution in [0.1, 0.15) is 61.0 Å². The largest absolute Gasteiger partial charge is 0.380 e. The number of rotatable bonds is 5. The van der Waals surface area contributed by atoms with Crippen LogP contribution in [0.3, 0.4) is 0 Å². The monoisotopic (exact) mass is 486 g/mol. The van der Waals surface area contributed by atoms with Crippen LogP contribution in [-0.4, -0.2) is 71.6 Å². The molecular formula is C30H38N4O2. The number of amides is 1. The summed E-state index contributed by atoms with van der Waals surface area (Å²) in [5.41, 5.74) is 8.87. The first-order valence-electron chi connectivity index (χ1n) is 13.5. The number of H-pyrrole nitrogens is 1. The molecule has 6 nitrogen and oxygen atoms in total. The number of fused-ring (bicyclic) bond motifs is 1. The van der Waals surface area contributed by atoms with E-state index in [1.165, 1.54) is 33.3 Å². The van der Waals surface area contributed by atoms with Crippen molar-refractivity contribution in [3.63, 3.8) is 0 Å². The number of nitrogens with zero attached hydrogens (tertiary/aromatic N) is 3. The van der Waals surface area contributed by atoms with E-state index in [2.05, 4.69) is 77.8 Å². The van der Waals surface area contributed by atoms with Crippen molar-refractivity contribution < 1.29 is 9.53 Å². The van der Waals surface area contributed by atoms with Gasteiger partial charge in [-0.05, 0) is 73.9 Å². The second-order valence-electron chi connectivity index (χ2n) is 11.8. The molecule has 3 aliphatic heterocycles. The summed E-state index contributed by atoms with van der Waals surface area (Å²) in [7, 11) is 0. The van der Waals surface area contributed by atoms with Gasteiger partial charge in [-0.2, -0.15) is 0 Å². The minimum Gasteiger partial charge on any atom is -0.380 e. The van der Waals surface area contributed by atoms with Crippen LogP contribution in [0.4, 0.5) is 0 Å². The van der Waals surface area contributed by atoms with Gasteiger partial charge in [-0.1, -0.05) is 19.9 Å². The molecule has 36 heavy (non-hydrogen) atoms. The van der Waals surface area contributed by atoms with Gasteiger partial charge in [0.05, 0.1) is 25.5 Å². The fraction of sp³-hybridized carbons (Fsp3) is 0.533. The molecule has 1 amide bonds. The minimum absolute atomic E-state index is 0.291. The van der Waals surface area contributed by atoms with Gasteiger partial charge in [0.15, 0.2) is 0 Å². The zero-order valence-electron chi connectivity index (χ0n) is 22.1. The summed E-state index contributed by atoms with van der Waals surface area (Å²) < 4.78 is 5.36. The summed E-state index contributed by atoms with van der Waals surface area (Å²) in [5, 5.41) is 1.33. The topological polar surface area (TPSA) is 61.5 Å². The number of ether oxygens (including phenoxy) is 1. The first kappa shape index (κ1) is 23.7. The Labute approximate surface area is 214 Å². The molecule has 6 heteroatoms. The Hall–Kier alpha value is -2.70. The zero-order chi connectivity index (χ0) is 25.0. The lowest BCUT2D eigenvalue weighted by atomic mass is 9.78. The second kappa shape index (κ2) is 9.00. The molecule has 0 atom stereocenters. The van der Waals surface area contributed by atoms with Crippen molar-refractivity contribution >= 4 is 16.8 Å². The first-order valence-corrected chi connectivity index (χ1v) is 13.5. The lowest BCUT2D eigenvalue weighted by molar-refractivity contribution is -0.191. The molecule has 1 spiro atoms. The molecule has 0 unspecified atom stereocenters.